The Morgan fingerprint density at radius 1 is 0.680 bits per heavy atom. The third-order valence-corrected chi connectivity index (χ3v) is 8.73. The molecule has 0 N–H and O–H groups in total. The van der Waals surface area contributed by atoms with Crippen LogP contribution in [0.2, 0.25) is 0 Å². The van der Waals surface area contributed by atoms with Gasteiger partial charge in [0, 0.05) is 3.92 Å². The predicted octanol–water partition coefficient (Wildman–Crippen LogP) is 7.61. The van der Waals surface area contributed by atoms with Crippen LogP contribution < -0.4 is 0 Å². The molecule has 5 aliphatic rings. The van der Waals surface area contributed by atoms with Gasteiger partial charge in [0.15, 0.2) is 0 Å². The predicted molar refractivity (Wildman–Crippen MR) is 115 cm³/mol. The number of halogens is 1. The summed E-state index contributed by atoms with van der Waals surface area (Å²) in [6.45, 7) is 0. The molecule has 134 valence electrons. The van der Waals surface area contributed by atoms with Gasteiger partial charge in [-0.1, -0.05) is 57.0 Å². The van der Waals surface area contributed by atoms with Crippen molar-refractivity contribution in [1.82, 2.24) is 0 Å². The molecule has 5 rings (SSSR count). The first-order chi connectivity index (χ1) is 12.3. The van der Waals surface area contributed by atoms with Crippen LogP contribution in [0.5, 0.6) is 0 Å². The fraction of sp³-hybridized carbons (Fsp3) is 0.667. The fourth-order valence-electron chi connectivity index (χ4n) is 6.25. The molecule has 1 heteroatoms. The van der Waals surface area contributed by atoms with Crippen LogP contribution in [-0.2, 0) is 0 Å². The van der Waals surface area contributed by atoms with Gasteiger partial charge in [0.25, 0.3) is 0 Å². The van der Waals surface area contributed by atoms with E-state index in [2.05, 4.69) is 34.7 Å². The second kappa shape index (κ2) is 7.02. The van der Waals surface area contributed by atoms with Gasteiger partial charge in [-0.3, -0.25) is 0 Å². The van der Waals surface area contributed by atoms with E-state index in [-0.39, 0.29) is 0 Å². The summed E-state index contributed by atoms with van der Waals surface area (Å²) in [6.07, 6.45) is 23.4. The second-order valence-corrected chi connectivity index (χ2v) is 10.8. The van der Waals surface area contributed by atoms with E-state index in [0.717, 1.165) is 15.8 Å². The topological polar surface area (TPSA) is 0 Å². The third-order valence-electron chi connectivity index (χ3n) is 7.66. The van der Waals surface area contributed by atoms with Crippen LogP contribution in [0.25, 0.3) is 0 Å². The lowest BCUT2D eigenvalue weighted by atomic mass is 9.67. The van der Waals surface area contributed by atoms with Crippen LogP contribution >= 0.6 is 22.6 Å². The number of fused-ring (bicyclic) bond motifs is 2. The van der Waals surface area contributed by atoms with Crippen molar-refractivity contribution in [2.45, 2.75) is 87.4 Å². The molecule has 3 unspecified atom stereocenters. The van der Waals surface area contributed by atoms with Crippen molar-refractivity contribution in [3.8, 4) is 0 Å². The van der Waals surface area contributed by atoms with E-state index in [1.165, 1.54) is 83.5 Å². The molecule has 0 aromatic rings. The van der Waals surface area contributed by atoms with Gasteiger partial charge in [-0.05, 0) is 106 Å². The van der Waals surface area contributed by atoms with Crippen molar-refractivity contribution < 1.29 is 0 Å². The Labute approximate surface area is 167 Å². The molecule has 0 heterocycles. The standard InChI is InChI=1S/C24H31I/c25-22-11-9-18-13-17(6-7-20(18)15-22)19-10-12-24-21(14-19)8-5-16-3-1-2-4-23(16)24/h10,12,17,21-22H,1-9,11,13-15H2. The summed E-state index contributed by atoms with van der Waals surface area (Å²) >= 11 is 2.67. The second-order valence-electron chi connectivity index (χ2n) is 9.08. The largest absolute Gasteiger partial charge is 0.0823 e. The molecular weight excluding hydrogens is 415 g/mol. The maximum atomic E-state index is 2.67. The van der Waals surface area contributed by atoms with E-state index in [0.29, 0.717) is 0 Å². The Hall–Kier alpha value is -0.310. The highest BCUT2D eigenvalue weighted by molar-refractivity contribution is 14.1. The minimum atomic E-state index is 0.859. The summed E-state index contributed by atoms with van der Waals surface area (Å²) in [5.74, 6) is 1.72. The molecule has 0 aromatic heterocycles. The van der Waals surface area contributed by atoms with E-state index >= 15 is 0 Å². The number of allylic oxidation sites excluding steroid dienone is 8. The molecule has 0 aliphatic heterocycles. The van der Waals surface area contributed by atoms with Crippen LogP contribution in [0.3, 0.4) is 0 Å². The Kier molecular flexibility index (Phi) is 4.73. The van der Waals surface area contributed by atoms with Gasteiger partial charge in [-0.25, -0.2) is 0 Å². The lowest BCUT2D eigenvalue weighted by Crippen LogP contribution is -2.23. The van der Waals surface area contributed by atoms with Gasteiger partial charge in [-0.2, -0.15) is 0 Å². The first-order valence-electron chi connectivity index (χ1n) is 10.7. The van der Waals surface area contributed by atoms with Crippen molar-refractivity contribution in [2.24, 2.45) is 11.8 Å². The number of alkyl halides is 1. The highest BCUT2D eigenvalue weighted by Gasteiger charge is 2.33. The van der Waals surface area contributed by atoms with Crippen molar-refractivity contribution in [3.05, 3.63) is 45.6 Å². The molecular formula is C24H31I. The molecule has 0 aromatic carbocycles. The zero-order valence-electron chi connectivity index (χ0n) is 15.5. The average Bonchev–Trinajstić information content (AvgIpc) is 2.67. The molecule has 0 radical (unpaired) electrons. The van der Waals surface area contributed by atoms with Crippen molar-refractivity contribution in [3.63, 3.8) is 0 Å². The quantitative estimate of drug-likeness (QED) is 0.221. The Balaban J connectivity index is 1.36. The summed E-state index contributed by atoms with van der Waals surface area (Å²) < 4.78 is 0.910. The monoisotopic (exact) mass is 446 g/mol. The number of hydrogen-bond donors (Lipinski definition) is 0. The van der Waals surface area contributed by atoms with Gasteiger partial charge in [0.05, 0.1) is 0 Å². The van der Waals surface area contributed by atoms with E-state index in [1.54, 1.807) is 16.7 Å². The molecule has 0 amide bonds. The third kappa shape index (κ3) is 3.24. The van der Waals surface area contributed by atoms with Crippen molar-refractivity contribution >= 4 is 22.6 Å². The molecule has 0 fully saturated rings. The zero-order chi connectivity index (χ0) is 16.8. The first-order valence-corrected chi connectivity index (χ1v) is 12.0. The SMILES string of the molecule is IC1CCC2=C(CCC(C3=CC=C4C5=C(CCCC5)CCC4C3)C2)C1. The van der Waals surface area contributed by atoms with E-state index in [4.69, 9.17) is 0 Å². The maximum absolute atomic E-state index is 2.67. The Morgan fingerprint density at radius 2 is 1.44 bits per heavy atom. The summed E-state index contributed by atoms with van der Waals surface area (Å²) in [5.41, 5.74) is 10.9. The van der Waals surface area contributed by atoms with Gasteiger partial charge >= 0.3 is 0 Å². The molecule has 3 atom stereocenters. The number of hydrogen-bond acceptors (Lipinski definition) is 0. The van der Waals surface area contributed by atoms with Gasteiger partial charge in [-0.15, -0.1) is 0 Å². The molecule has 0 saturated carbocycles. The van der Waals surface area contributed by atoms with Crippen LogP contribution in [0.15, 0.2) is 45.6 Å². The van der Waals surface area contributed by atoms with E-state index in [9.17, 15) is 0 Å². The maximum Gasteiger partial charge on any atom is 0.0150 e. The Bertz CT molecular complexity index is 687. The molecule has 0 nitrogen and oxygen atoms in total. The molecule has 0 saturated heterocycles. The molecule has 5 aliphatic carbocycles. The lowest BCUT2D eigenvalue weighted by molar-refractivity contribution is 0.427. The molecule has 0 bridgehead atoms. The lowest BCUT2D eigenvalue weighted by Gasteiger charge is -2.38. The fourth-order valence-corrected chi connectivity index (χ4v) is 7.10. The normalized spacial score (nSPS) is 35.5. The van der Waals surface area contributed by atoms with E-state index < -0.39 is 0 Å². The van der Waals surface area contributed by atoms with Gasteiger partial charge < -0.3 is 0 Å². The van der Waals surface area contributed by atoms with Crippen molar-refractivity contribution in [2.75, 3.05) is 0 Å². The van der Waals surface area contributed by atoms with Crippen LogP contribution in [0.4, 0.5) is 0 Å². The Morgan fingerprint density at radius 3 is 2.40 bits per heavy atom. The summed E-state index contributed by atoms with van der Waals surface area (Å²) in [7, 11) is 0. The van der Waals surface area contributed by atoms with Crippen molar-refractivity contribution in [1.29, 1.82) is 0 Å². The van der Waals surface area contributed by atoms with Crippen LogP contribution in [0.1, 0.15) is 83.5 Å². The van der Waals surface area contributed by atoms with Gasteiger partial charge in [0.2, 0.25) is 0 Å². The van der Waals surface area contributed by atoms with Crippen LogP contribution in [-0.4, -0.2) is 3.92 Å². The minimum Gasteiger partial charge on any atom is -0.0823 e. The summed E-state index contributed by atoms with van der Waals surface area (Å²) in [4.78, 5) is 0. The average molecular weight is 446 g/mol. The highest BCUT2D eigenvalue weighted by Crippen LogP contribution is 2.49. The molecule has 25 heavy (non-hydrogen) atoms. The molecule has 0 spiro atoms. The zero-order valence-corrected chi connectivity index (χ0v) is 17.6. The summed E-state index contributed by atoms with van der Waals surface area (Å²) in [6, 6.07) is 0. The van der Waals surface area contributed by atoms with Gasteiger partial charge in [0.1, 0.15) is 0 Å². The highest BCUT2D eigenvalue weighted by atomic mass is 127. The van der Waals surface area contributed by atoms with Crippen LogP contribution in [0, 0.1) is 11.8 Å². The summed E-state index contributed by atoms with van der Waals surface area (Å²) in [5, 5.41) is 0. The minimum absolute atomic E-state index is 0.859. The first kappa shape index (κ1) is 16.8. The van der Waals surface area contributed by atoms with E-state index in [1.807, 2.05) is 16.7 Å². The smallest absolute Gasteiger partial charge is 0.0150 e. The number of rotatable bonds is 1.